The van der Waals surface area contributed by atoms with E-state index in [1.165, 1.54) is 0 Å². The van der Waals surface area contributed by atoms with Gasteiger partial charge in [0.05, 0.1) is 30.4 Å². The number of carbonyl (C=O) groups excluding carboxylic acids is 2. The predicted molar refractivity (Wildman–Crippen MR) is 170 cm³/mol. The fourth-order valence-electron chi connectivity index (χ4n) is 6.67. The molecule has 2 N–H and O–H groups in total. The Bertz CT molecular complexity index is 1430. The van der Waals surface area contributed by atoms with Crippen LogP contribution in [-0.2, 0) is 9.59 Å². The van der Waals surface area contributed by atoms with Gasteiger partial charge in [-0.3, -0.25) is 19.5 Å². The second-order valence-electron chi connectivity index (χ2n) is 13.2. The molecule has 3 aliphatic rings. The number of rotatable bonds is 6. The van der Waals surface area contributed by atoms with Gasteiger partial charge in [0.15, 0.2) is 0 Å². The number of nitrogens with zero attached hydrogens (tertiary/aromatic N) is 3. The lowest BCUT2D eigenvalue weighted by atomic mass is 9.83. The molecule has 3 heterocycles. The van der Waals surface area contributed by atoms with Gasteiger partial charge >= 0.3 is 0 Å². The molecule has 3 aliphatic heterocycles. The zero-order valence-electron chi connectivity index (χ0n) is 25.8. The van der Waals surface area contributed by atoms with Gasteiger partial charge in [-0.15, -0.1) is 0 Å². The zero-order valence-corrected chi connectivity index (χ0v) is 26.5. The number of piperidine rings is 1. The van der Waals surface area contributed by atoms with Crippen molar-refractivity contribution in [2.45, 2.75) is 70.9 Å². The number of likely N-dealkylation sites (tertiary alicyclic amines) is 2. The minimum Gasteiger partial charge on any atom is -0.352 e. The summed E-state index contributed by atoms with van der Waals surface area (Å²) in [7, 11) is 0. The molecule has 0 radical (unpaired) electrons. The van der Waals surface area contributed by atoms with Crippen LogP contribution in [0.3, 0.4) is 0 Å². The lowest BCUT2D eigenvalue weighted by molar-refractivity contribution is -0.136. The third-order valence-corrected chi connectivity index (χ3v) is 9.46. The zero-order chi connectivity index (χ0) is 30.9. The molecule has 7 nitrogen and oxygen atoms in total. The molecule has 0 bridgehead atoms. The minimum absolute atomic E-state index is 0.115. The fraction of sp³-hybridized carbons (Fsp3) is 0.500. The molecular weight excluding hydrogens is 565 g/mol. The maximum absolute atomic E-state index is 15.2. The summed E-state index contributed by atoms with van der Waals surface area (Å²) in [4.78, 5) is 35.3. The maximum atomic E-state index is 15.2. The van der Waals surface area contributed by atoms with Gasteiger partial charge in [-0.05, 0) is 93.8 Å². The van der Waals surface area contributed by atoms with E-state index in [0.29, 0.717) is 48.9 Å². The average molecular weight is 608 g/mol. The van der Waals surface area contributed by atoms with Crippen LogP contribution in [0, 0.1) is 18.7 Å². The van der Waals surface area contributed by atoms with Crippen molar-refractivity contribution < 1.29 is 14.0 Å². The van der Waals surface area contributed by atoms with E-state index in [1.807, 2.05) is 43.0 Å². The van der Waals surface area contributed by atoms with E-state index >= 15 is 4.39 Å². The van der Waals surface area contributed by atoms with E-state index in [0.717, 1.165) is 29.5 Å². The Morgan fingerprint density at radius 1 is 1.09 bits per heavy atom. The molecule has 2 aromatic carbocycles. The van der Waals surface area contributed by atoms with E-state index in [2.05, 4.69) is 47.4 Å². The predicted octanol–water partition coefficient (Wildman–Crippen LogP) is 5.70. The summed E-state index contributed by atoms with van der Waals surface area (Å²) in [5, 5.41) is 6.59. The number of hydrogen-bond donors (Lipinski definition) is 2. The maximum Gasteiger partial charge on any atom is 0.251 e. The largest absolute Gasteiger partial charge is 0.352 e. The summed E-state index contributed by atoms with van der Waals surface area (Å²) in [6.45, 7) is 13.2. The van der Waals surface area contributed by atoms with Crippen LogP contribution in [-0.4, -0.2) is 66.2 Å². The average Bonchev–Trinajstić information content (AvgIpc) is 3.43. The summed E-state index contributed by atoms with van der Waals surface area (Å²) < 4.78 is 15.2. The molecule has 0 aliphatic carbocycles. The number of benzene rings is 2. The van der Waals surface area contributed by atoms with Crippen molar-refractivity contribution in [2.24, 2.45) is 10.9 Å². The Morgan fingerprint density at radius 3 is 2.47 bits per heavy atom. The van der Waals surface area contributed by atoms with Crippen LogP contribution in [0.5, 0.6) is 0 Å². The number of aryl methyl sites for hydroxylation is 1. The Kier molecular flexibility index (Phi) is 9.28. The number of amides is 2. The van der Waals surface area contributed by atoms with Crippen LogP contribution in [0.2, 0.25) is 5.02 Å². The highest BCUT2D eigenvalue weighted by molar-refractivity contribution is 6.30. The van der Waals surface area contributed by atoms with Gasteiger partial charge in [-0.2, -0.15) is 0 Å². The number of aliphatic imine (C=N–C) groups is 1. The molecule has 2 aromatic rings. The van der Waals surface area contributed by atoms with Crippen LogP contribution in [0.1, 0.15) is 80.7 Å². The molecule has 230 valence electrons. The van der Waals surface area contributed by atoms with E-state index in [4.69, 9.17) is 11.6 Å². The molecule has 2 saturated heterocycles. The highest BCUT2D eigenvalue weighted by Crippen LogP contribution is 2.40. The van der Waals surface area contributed by atoms with E-state index in [9.17, 15) is 9.59 Å². The van der Waals surface area contributed by atoms with Crippen LogP contribution in [0.15, 0.2) is 53.2 Å². The van der Waals surface area contributed by atoms with Gasteiger partial charge in [-0.1, -0.05) is 29.8 Å². The standard InChI is InChI=1S/C34H43ClFN5O2/c1-21-6-8-27(31(36)14-21)29-18-41(34(3,4)5)19-30(29)33(43)40-12-10-23(11-13-40)26-9-7-25(35)15-28(26)22(2)39-32(42)24-16-37-20-38-17-24/h6-9,14-16,20,22-23,29-30H,10-13,17-19H2,1-5H3,(H,37,38)(H,39,42)/t22-,29?,30+/m0/s1. The highest BCUT2D eigenvalue weighted by Gasteiger charge is 2.44. The van der Waals surface area contributed by atoms with Gasteiger partial charge in [-0.25, -0.2) is 4.39 Å². The summed E-state index contributed by atoms with van der Waals surface area (Å²) in [6.07, 6.45) is 4.86. The van der Waals surface area contributed by atoms with Gasteiger partial charge in [0.25, 0.3) is 5.91 Å². The fourth-order valence-corrected chi connectivity index (χ4v) is 6.85. The minimum atomic E-state index is -0.290. The lowest BCUT2D eigenvalue weighted by Crippen LogP contribution is -2.44. The van der Waals surface area contributed by atoms with Crippen LogP contribution in [0.25, 0.3) is 0 Å². The van der Waals surface area contributed by atoms with Crippen molar-refractivity contribution in [3.8, 4) is 0 Å². The molecule has 3 atom stereocenters. The first-order valence-electron chi connectivity index (χ1n) is 15.3. The number of hydrogen-bond acceptors (Lipinski definition) is 5. The number of nitrogens with one attached hydrogen (secondary N) is 2. The quantitative estimate of drug-likeness (QED) is 0.442. The Labute approximate surface area is 259 Å². The lowest BCUT2D eigenvalue weighted by Gasteiger charge is -2.36. The first kappa shape index (κ1) is 31.2. The molecule has 0 saturated carbocycles. The molecular formula is C34H43ClFN5O2. The molecule has 9 heteroatoms. The molecule has 0 spiro atoms. The van der Waals surface area contributed by atoms with Crippen LogP contribution >= 0.6 is 11.6 Å². The van der Waals surface area contributed by atoms with Gasteiger partial charge in [0, 0.05) is 48.9 Å². The first-order chi connectivity index (χ1) is 20.4. The Hall–Kier alpha value is -3.23. The van der Waals surface area contributed by atoms with Crippen molar-refractivity contribution in [2.75, 3.05) is 32.7 Å². The summed E-state index contributed by atoms with van der Waals surface area (Å²) >= 11 is 6.41. The Balaban J connectivity index is 1.29. The van der Waals surface area contributed by atoms with Crippen LogP contribution in [0.4, 0.5) is 4.39 Å². The normalized spacial score (nSPS) is 22.2. The van der Waals surface area contributed by atoms with Gasteiger partial charge < -0.3 is 15.5 Å². The van der Waals surface area contributed by atoms with Crippen molar-refractivity contribution in [1.82, 2.24) is 20.4 Å². The van der Waals surface area contributed by atoms with Crippen molar-refractivity contribution in [1.29, 1.82) is 0 Å². The van der Waals surface area contributed by atoms with Crippen molar-refractivity contribution in [3.63, 3.8) is 0 Å². The van der Waals surface area contributed by atoms with Gasteiger partial charge in [0.1, 0.15) is 5.82 Å². The van der Waals surface area contributed by atoms with Gasteiger partial charge in [0.2, 0.25) is 5.91 Å². The second-order valence-corrected chi connectivity index (χ2v) is 13.6. The summed E-state index contributed by atoms with van der Waals surface area (Å²) in [5.41, 5.74) is 4.12. The molecule has 5 rings (SSSR count). The summed E-state index contributed by atoms with van der Waals surface area (Å²) in [6, 6.07) is 11.0. The third-order valence-electron chi connectivity index (χ3n) is 9.23. The summed E-state index contributed by atoms with van der Waals surface area (Å²) in [5.74, 6) is -0.513. The van der Waals surface area contributed by atoms with Crippen LogP contribution < -0.4 is 10.6 Å². The molecule has 1 unspecified atom stereocenters. The van der Waals surface area contributed by atoms with E-state index in [-0.39, 0.29) is 47.0 Å². The number of halogens is 2. The third kappa shape index (κ3) is 6.96. The molecule has 2 fully saturated rings. The topological polar surface area (TPSA) is 77.0 Å². The SMILES string of the molecule is Cc1ccc(C2CN(C(C)(C)C)C[C@H]2C(=O)N2CCC(c3ccc(Cl)cc3[C@H](C)NC(=O)C3=CNC=NC3)CC2)c(F)c1. The highest BCUT2D eigenvalue weighted by atomic mass is 35.5. The van der Waals surface area contributed by atoms with E-state index < -0.39 is 0 Å². The molecule has 0 aromatic heterocycles. The van der Waals surface area contributed by atoms with Crippen molar-refractivity contribution in [3.05, 3.63) is 81.3 Å². The smallest absolute Gasteiger partial charge is 0.251 e. The molecule has 43 heavy (non-hydrogen) atoms. The second kappa shape index (κ2) is 12.8. The van der Waals surface area contributed by atoms with E-state index in [1.54, 1.807) is 18.6 Å². The number of carbonyl (C=O) groups is 2. The first-order valence-corrected chi connectivity index (χ1v) is 15.6. The monoisotopic (exact) mass is 607 g/mol. The molecule has 2 amide bonds. The van der Waals surface area contributed by atoms with Crippen molar-refractivity contribution >= 4 is 29.8 Å². The Morgan fingerprint density at radius 2 is 1.81 bits per heavy atom.